The minimum atomic E-state index is -0.394. The quantitative estimate of drug-likeness (QED) is 0.425. The number of nitrogens with zero attached hydrogens (tertiary/aromatic N) is 3. The van der Waals surface area contributed by atoms with E-state index in [1.165, 1.54) is 22.5 Å². The number of nitrogen functional groups attached to an aromatic ring is 1. The predicted molar refractivity (Wildman–Crippen MR) is 101 cm³/mol. The van der Waals surface area contributed by atoms with Gasteiger partial charge in [0.15, 0.2) is 5.82 Å². The summed E-state index contributed by atoms with van der Waals surface area (Å²) >= 11 is 7.63. The fraction of sp³-hybridized carbons (Fsp3) is 0.353. The number of aryl methyl sites for hydroxylation is 1. The van der Waals surface area contributed by atoms with Gasteiger partial charge in [-0.3, -0.25) is 0 Å². The van der Waals surface area contributed by atoms with Crippen LogP contribution in [0.2, 0.25) is 5.02 Å². The largest absolute Gasteiger partial charge is 0.423 e. The van der Waals surface area contributed by atoms with Crippen LogP contribution in [0.15, 0.2) is 32.6 Å². The van der Waals surface area contributed by atoms with Crippen molar-refractivity contribution in [2.24, 2.45) is 0 Å². The summed E-state index contributed by atoms with van der Waals surface area (Å²) in [7, 11) is 0. The highest BCUT2D eigenvalue weighted by Crippen LogP contribution is 2.30. The number of rotatable bonds is 3. The van der Waals surface area contributed by atoms with Gasteiger partial charge in [0, 0.05) is 27.6 Å². The Kier molecular flexibility index (Phi) is 4.55. The first kappa shape index (κ1) is 17.8. The molecule has 0 aliphatic carbocycles. The molecule has 0 aliphatic heterocycles. The molecular formula is C17H19ClN4O2S. The second-order valence-electron chi connectivity index (χ2n) is 6.90. The van der Waals surface area contributed by atoms with E-state index in [0.29, 0.717) is 27.3 Å². The predicted octanol–water partition coefficient (Wildman–Crippen LogP) is 3.65. The molecule has 8 heteroatoms. The Morgan fingerprint density at radius 3 is 2.64 bits per heavy atom. The van der Waals surface area contributed by atoms with Crippen molar-refractivity contribution >= 4 is 34.3 Å². The number of fused-ring (bicyclic) bond motifs is 1. The molecule has 132 valence electrons. The standard InChI is InChI=1S/C17H19ClN4O2S/c1-9-5-13-11(7-12(9)18)10(6-14(23)24-13)8-25-16-21-20-15(22(16)19)17(2,3)4/h5-7H,8,19H2,1-4H3. The SMILES string of the molecule is Cc1cc2oc(=O)cc(CSc3nnc(C(C)(C)C)n3N)c2cc1Cl. The van der Waals surface area contributed by atoms with Crippen LogP contribution in [-0.2, 0) is 11.2 Å². The highest BCUT2D eigenvalue weighted by molar-refractivity contribution is 7.98. The van der Waals surface area contributed by atoms with Gasteiger partial charge in [-0.25, -0.2) is 9.47 Å². The van der Waals surface area contributed by atoms with Crippen LogP contribution < -0.4 is 11.5 Å². The molecule has 0 unspecified atom stereocenters. The van der Waals surface area contributed by atoms with Crippen molar-refractivity contribution in [1.82, 2.24) is 14.9 Å². The number of thioether (sulfide) groups is 1. The molecule has 2 heterocycles. The Labute approximate surface area is 154 Å². The smallest absolute Gasteiger partial charge is 0.336 e. The number of halogens is 1. The van der Waals surface area contributed by atoms with Crippen LogP contribution in [0.1, 0.15) is 37.7 Å². The molecule has 0 amide bonds. The molecule has 0 bridgehead atoms. The van der Waals surface area contributed by atoms with E-state index in [1.807, 2.05) is 33.8 Å². The molecule has 1 aromatic carbocycles. The number of aromatic nitrogens is 3. The van der Waals surface area contributed by atoms with Crippen molar-refractivity contribution in [3.8, 4) is 0 Å². The molecule has 2 aromatic heterocycles. The monoisotopic (exact) mass is 378 g/mol. The Morgan fingerprint density at radius 1 is 1.28 bits per heavy atom. The minimum Gasteiger partial charge on any atom is -0.423 e. The van der Waals surface area contributed by atoms with E-state index in [-0.39, 0.29) is 5.41 Å². The zero-order valence-electron chi connectivity index (χ0n) is 14.5. The van der Waals surface area contributed by atoms with Crippen LogP contribution >= 0.6 is 23.4 Å². The normalized spacial score (nSPS) is 12.0. The van der Waals surface area contributed by atoms with Crippen molar-refractivity contribution < 1.29 is 4.42 Å². The van der Waals surface area contributed by atoms with Crippen LogP contribution in [-0.4, -0.2) is 14.9 Å². The maximum absolute atomic E-state index is 11.8. The summed E-state index contributed by atoms with van der Waals surface area (Å²) in [5.41, 5.74) is 1.60. The van der Waals surface area contributed by atoms with Crippen LogP contribution in [0, 0.1) is 6.92 Å². The van der Waals surface area contributed by atoms with E-state index < -0.39 is 5.63 Å². The summed E-state index contributed by atoms with van der Waals surface area (Å²) in [5, 5.41) is 10.3. The van der Waals surface area contributed by atoms with E-state index in [4.69, 9.17) is 21.9 Å². The van der Waals surface area contributed by atoms with Gasteiger partial charge in [-0.05, 0) is 30.2 Å². The first-order chi connectivity index (χ1) is 11.7. The minimum absolute atomic E-state index is 0.202. The van der Waals surface area contributed by atoms with E-state index in [0.717, 1.165) is 16.5 Å². The maximum atomic E-state index is 11.8. The van der Waals surface area contributed by atoms with Gasteiger partial charge in [0.25, 0.3) is 0 Å². The molecule has 3 aromatic rings. The number of nitrogens with two attached hydrogens (primary N) is 1. The number of hydrogen-bond donors (Lipinski definition) is 1. The fourth-order valence-corrected chi connectivity index (χ4v) is 3.51. The third-order valence-electron chi connectivity index (χ3n) is 3.80. The summed E-state index contributed by atoms with van der Waals surface area (Å²) in [5.74, 6) is 7.31. The Hall–Kier alpha value is -1.99. The lowest BCUT2D eigenvalue weighted by Crippen LogP contribution is -2.24. The highest BCUT2D eigenvalue weighted by atomic mass is 35.5. The molecule has 0 radical (unpaired) electrons. The summed E-state index contributed by atoms with van der Waals surface area (Å²) in [4.78, 5) is 11.8. The first-order valence-corrected chi connectivity index (χ1v) is 9.10. The van der Waals surface area contributed by atoms with Crippen LogP contribution in [0.5, 0.6) is 0 Å². The molecule has 6 nitrogen and oxygen atoms in total. The lowest BCUT2D eigenvalue weighted by atomic mass is 9.96. The third kappa shape index (κ3) is 3.52. The zero-order valence-corrected chi connectivity index (χ0v) is 16.0. The van der Waals surface area contributed by atoms with Gasteiger partial charge in [0.1, 0.15) is 5.58 Å². The van der Waals surface area contributed by atoms with E-state index in [2.05, 4.69) is 10.2 Å². The van der Waals surface area contributed by atoms with Crippen LogP contribution in [0.4, 0.5) is 0 Å². The second-order valence-corrected chi connectivity index (χ2v) is 8.25. The molecule has 0 atom stereocenters. The van der Waals surface area contributed by atoms with Gasteiger partial charge < -0.3 is 10.3 Å². The topological polar surface area (TPSA) is 86.9 Å². The highest BCUT2D eigenvalue weighted by Gasteiger charge is 2.23. The molecule has 2 N–H and O–H groups in total. The van der Waals surface area contributed by atoms with Crippen molar-refractivity contribution in [3.63, 3.8) is 0 Å². The molecule has 0 saturated heterocycles. The second kappa shape index (κ2) is 6.38. The Balaban J connectivity index is 1.95. The number of hydrogen-bond acceptors (Lipinski definition) is 6. The molecular weight excluding hydrogens is 360 g/mol. The molecule has 0 spiro atoms. The Morgan fingerprint density at radius 2 is 2.00 bits per heavy atom. The summed E-state index contributed by atoms with van der Waals surface area (Å²) in [6.07, 6.45) is 0. The summed E-state index contributed by atoms with van der Waals surface area (Å²) in [6.45, 7) is 7.94. The lowest BCUT2D eigenvalue weighted by Gasteiger charge is -2.16. The first-order valence-electron chi connectivity index (χ1n) is 7.73. The molecule has 0 fully saturated rings. The third-order valence-corrected chi connectivity index (χ3v) is 5.20. The maximum Gasteiger partial charge on any atom is 0.336 e. The van der Waals surface area contributed by atoms with Crippen LogP contribution in [0.25, 0.3) is 11.0 Å². The Bertz CT molecular complexity index is 1000. The van der Waals surface area contributed by atoms with E-state index in [9.17, 15) is 4.79 Å². The van der Waals surface area contributed by atoms with Crippen molar-refractivity contribution in [2.75, 3.05) is 5.84 Å². The molecule has 25 heavy (non-hydrogen) atoms. The van der Waals surface area contributed by atoms with Crippen molar-refractivity contribution in [2.45, 2.75) is 44.0 Å². The average Bonchev–Trinajstić information content (AvgIpc) is 2.87. The molecule has 3 rings (SSSR count). The summed E-state index contributed by atoms with van der Waals surface area (Å²) in [6, 6.07) is 5.07. The number of benzene rings is 1. The fourth-order valence-electron chi connectivity index (χ4n) is 2.50. The van der Waals surface area contributed by atoms with Gasteiger partial charge in [-0.1, -0.05) is 44.1 Å². The summed E-state index contributed by atoms with van der Waals surface area (Å²) < 4.78 is 6.78. The van der Waals surface area contributed by atoms with Gasteiger partial charge in [0.05, 0.1) is 0 Å². The van der Waals surface area contributed by atoms with Gasteiger partial charge in [0.2, 0.25) is 5.16 Å². The van der Waals surface area contributed by atoms with Crippen molar-refractivity contribution in [3.05, 3.63) is 50.6 Å². The average molecular weight is 379 g/mol. The zero-order chi connectivity index (χ0) is 18.4. The van der Waals surface area contributed by atoms with E-state index in [1.54, 1.807) is 6.07 Å². The molecule has 0 aliphatic rings. The van der Waals surface area contributed by atoms with Gasteiger partial charge >= 0.3 is 5.63 Å². The van der Waals surface area contributed by atoms with Gasteiger partial charge in [-0.15, -0.1) is 10.2 Å². The lowest BCUT2D eigenvalue weighted by molar-refractivity contribution is 0.523. The van der Waals surface area contributed by atoms with E-state index >= 15 is 0 Å². The van der Waals surface area contributed by atoms with Crippen LogP contribution in [0.3, 0.4) is 0 Å². The molecule has 0 saturated carbocycles. The van der Waals surface area contributed by atoms with Gasteiger partial charge in [-0.2, -0.15) is 0 Å². The van der Waals surface area contributed by atoms with Crippen molar-refractivity contribution in [1.29, 1.82) is 0 Å².